The van der Waals surface area contributed by atoms with Crippen molar-refractivity contribution < 1.29 is 18.7 Å². The first kappa shape index (κ1) is 20.9. The quantitative estimate of drug-likeness (QED) is 0.207. The molecule has 0 atom stereocenters. The molecule has 0 aliphatic carbocycles. The number of rotatable bonds is 6. The third kappa shape index (κ3) is 5.23. The van der Waals surface area contributed by atoms with Gasteiger partial charge in [-0.05, 0) is 52.2 Å². The fraction of sp³-hybridized carbons (Fsp3) is 0.0385. The Hall–Kier alpha value is -4.32. The van der Waals surface area contributed by atoms with Gasteiger partial charge in [-0.15, -0.1) is 0 Å². The molecule has 32 heavy (non-hydrogen) atoms. The molecule has 4 aromatic rings. The van der Waals surface area contributed by atoms with E-state index in [1.807, 2.05) is 42.5 Å². The number of fused-ring (bicyclic) bond motifs is 1. The van der Waals surface area contributed by atoms with Crippen LogP contribution in [0.2, 0.25) is 0 Å². The molecule has 0 saturated carbocycles. The van der Waals surface area contributed by atoms with Crippen LogP contribution in [-0.4, -0.2) is 18.1 Å². The van der Waals surface area contributed by atoms with Crippen molar-refractivity contribution in [3.8, 4) is 5.75 Å². The van der Waals surface area contributed by atoms with Gasteiger partial charge in [-0.3, -0.25) is 4.79 Å². The van der Waals surface area contributed by atoms with Crippen LogP contribution < -0.4 is 10.2 Å². The Morgan fingerprint density at radius 3 is 2.56 bits per heavy atom. The Morgan fingerprint density at radius 1 is 0.906 bits per heavy atom. The van der Waals surface area contributed by atoms with Gasteiger partial charge in [-0.25, -0.2) is 14.6 Å². The van der Waals surface area contributed by atoms with Gasteiger partial charge in [0.2, 0.25) is 5.91 Å². The first-order valence-electron chi connectivity index (χ1n) is 9.95. The van der Waals surface area contributed by atoms with Crippen LogP contribution in [0.15, 0.2) is 96.1 Å². The summed E-state index contributed by atoms with van der Waals surface area (Å²) in [4.78, 5) is 24.5. The first-order valence-corrected chi connectivity index (χ1v) is 9.95. The summed E-state index contributed by atoms with van der Waals surface area (Å²) in [6.07, 6.45) is 1.66. The van der Waals surface area contributed by atoms with Gasteiger partial charge in [-0.2, -0.15) is 5.10 Å². The summed E-state index contributed by atoms with van der Waals surface area (Å²) < 4.78 is 18.6. The molecule has 0 saturated heterocycles. The van der Waals surface area contributed by atoms with E-state index in [0.717, 1.165) is 22.4 Å². The summed E-state index contributed by atoms with van der Waals surface area (Å²) in [5, 5.41) is 6.10. The highest BCUT2D eigenvalue weighted by Crippen LogP contribution is 2.19. The summed E-state index contributed by atoms with van der Waals surface area (Å²) in [5.74, 6) is -1.14. The Labute approximate surface area is 184 Å². The molecule has 0 aliphatic heterocycles. The van der Waals surface area contributed by atoms with Crippen molar-refractivity contribution in [1.29, 1.82) is 0 Å². The van der Waals surface area contributed by atoms with Gasteiger partial charge in [0.1, 0.15) is 11.6 Å². The summed E-state index contributed by atoms with van der Waals surface area (Å²) in [7, 11) is 0. The van der Waals surface area contributed by atoms with Crippen LogP contribution in [0, 0.1) is 5.82 Å². The number of hydrazone groups is 1. The van der Waals surface area contributed by atoms with Crippen molar-refractivity contribution in [2.24, 2.45) is 5.10 Å². The molecule has 0 radical (unpaired) electrons. The van der Waals surface area contributed by atoms with Crippen LogP contribution in [0.4, 0.5) is 4.39 Å². The average Bonchev–Trinajstić information content (AvgIpc) is 2.79. The predicted octanol–water partition coefficient (Wildman–Crippen LogP) is 4.89. The highest BCUT2D eigenvalue weighted by Gasteiger charge is 2.10. The average molecular weight is 426 g/mol. The SMILES string of the molecule is O=C(Cc1cccc2ccccc12)N/N=C/c1cccc(OC(=O)c2cccc(F)c2)c1. The Bertz CT molecular complexity index is 1310. The molecule has 1 amide bonds. The molecule has 0 fully saturated rings. The molecule has 6 heteroatoms. The lowest BCUT2D eigenvalue weighted by Gasteiger charge is -2.06. The molecule has 4 aromatic carbocycles. The second-order valence-electron chi connectivity index (χ2n) is 7.08. The van der Waals surface area contributed by atoms with Gasteiger partial charge in [0.25, 0.3) is 0 Å². The predicted molar refractivity (Wildman–Crippen MR) is 121 cm³/mol. The number of amides is 1. The molecule has 0 spiro atoms. The number of esters is 1. The second-order valence-corrected chi connectivity index (χ2v) is 7.08. The smallest absolute Gasteiger partial charge is 0.343 e. The van der Waals surface area contributed by atoms with Crippen molar-refractivity contribution >= 4 is 28.9 Å². The van der Waals surface area contributed by atoms with E-state index in [2.05, 4.69) is 10.5 Å². The molecular formula is C26H19FN2O3. The molecule has 0 bridgehead atoms. The zero-order chi connectivity index (χ0) is 22.3. The first-order chi connectivity index (χ1) is 15.6. The van der Waals surface area contributed by atoms with Gasteiger partial charge in [0.05, 0.1) is 18.2 Å². The number of hydrogen-bond acceptors (Lipinski definition) is 4. The zero-order valence-corrected chi connectivity index (χ0v) is 17.0. The molecular weight excluding hydrogens is 407 g/mol. The second kappa shape index (κ2) is 9.66. The van der Waals surface area contributed by atoms with Crippen molar-refractivity contribution in [2.45, 2.75) is 6.42 Å². The number of nitrogens with zero attached hydrogens (tertiary/aromatic N) is 1. The van der Waals surface area contributed by atoms with Crippen molar-refractivity contribution in [1.82, 2.24) is 5.43 Å². The van der Waals surface area contributed by atoms with Gasteiger partial charge in [0, 0.05) is 0 Å². The third-order valence-corrected chi connectivity index (χ3v) is 4.76. The number of benzene rings is 4. The maximum atomic E-state index is 13.3. The Kier molecular flexibility index (Phi) is 6.32. The van der Waals surface area contributed by atoms with Crippen LogP contribution in [0.25, 0.3) is 10.8 Å². The molecule has 0 aromatic heterocycles. The zero-order valence-electron chi connectivity index (χ0n) is 17.0. The van der Waals surface area contributed by atoms with E-state index in [1.54, 1.807) is 24.3 Å². The number of nitrogens with one attached hydrogen (secondary N) is 1. The van der Waals surface area contributed by atoms with Gasteiger partial charge in [-0.1, -0.05) is 60.7 Å². The molecule has 158 valence electrons. The topological polar surface area (TPSA) is 67.8 Å². The van der Waals surface area contributed by atoms with Crippen LogP contribution in [0.3, 0.4) is 0 Å². The maximum absolute atomic E-state index is 13.3. The minimum absolute atomic E-state index is 0.116. The monoisotopic (exact) mass is 426 g/mol. The number of hydrogen-bond donors (Lipinski definition) is 1. The largest absolute Gasteiger partial charge is 0.423 e. The van der Waals surface area contributed by atoms with Crippen LogP contribution in [0.5, 0.6) is 5.75 Å². The Balaban J connectivity index is 1.37. The lowest BCUT2D eigenvalue weighted by molar-refractivity contribution is -0.120. The van der Waals surface area contributed by atoms with Crippen LogP contribution in [0.1, 0.15) is 21.5 Å². The van der Waals surface area contributed by atoms with E-state index in [4.69, 9.17) is 4.74 Å². The molecule has 1 N–H and O–H groups in total. The molecule has 0 unspecified atom stereocenters. The normalized spacial score (nSPS) is 10.9. The fourth-order valence-corrected chi connectivity index (χ4v) is 3.28. The number of ether oxygens (including phenoxy) is 1. The van der Waals surface area contributed by atoms with E-state index >= 15 is 0 Å². The highest BCUT2D eigenvalue weighted by molar-refractivity contribution is 5.92. The van der Waals surface area contributed by atoms with E-state index < -0.39 is 11.8 Å². The summed E-state index contributed by atoms with van der Waals surface area (Å²) >= 11 is 0. The van der Waals surface area contributed by atoms with Crippen molar-refractivity contribution in [3.63, 3.8) is 0 Å². The van der Waals surface area contributed by atoms with E-state index in [0.29, 0.717) is 5.56 Å². The number of carbonyl (C=O) groups is 2. The van der Waals surface area contributed by atoms with Crippen LogP contribution in [-0.2, 0) is 11.2 Å². The van der Waals surface area contributed by atoms with Gasteiger partial charge < -0.3 is 4.74 Å². The summed E-state index contributed by atoms with van der Waals surface area (Å²) in [6, 6.07) is 25.6. The minimum atomic E-state index is -0.665. The fourth-order valence-electron chi connectivity index (χ4n) is 3.28. The van der Waals surface area contributed by atoms with Crippen LogP contribution >= 0.6 is 0 Å². The molecule has 5 nitrogen and oxygen atoms in total. The lowest BCUT2D eigenvalue weighted by Crippen LogP contribution is -2.19. The standard InChI is InChI=1S/C26H19FN2O3/c27-22-11-5-10-21(15-22)26(31)32-23-12-3-6-18(14-23)17-28-29-25(30)16-20-9-4-8-19-7-1-2-13-24(19)20/h1-15,17H,16H2,(H,29,30)/b28-17+. The lowest BCUT2D eigenvalue weighted by atomic mass is 10.0. The van der Waals surface area contributed by atoms with E-state index in [-0.39, 0.29) is 23.6 Å². The van der Waals surface area contributed by atoms with E-state index in [9.17, 15) is 14.0 Å². The minimum Gasteiger partial charge on any atom is -0.423 e. The maximum Gasteiger partial charge on any atom is 0.343 e. The summed E-state index contributed by atoms with van der Waals surface area (Å²) in [6.45, 7) is 0. The Morgan fingerprint density at radius 2 is 1.69 bits per heavy atom. The molecule has 4 rings (SSSR count). The molecule has 0 heterocycles. The summed E-state index contributed by atoms with van der Waals surface area (Å²) in [5.41, 5.74) is 4.18. The van der Waals surface area contributed by atoms with Gasteiger partial charge >= 0.3 is 5.97 Å². The van der Waals surface area contributed by atoms with Crippen molar-refractivity contribution in [3.05, 3.63) is 114 Å². The number of carbonyl (C=O) groups excluding carboxylic acids is 2. The van der Waals surface area contributed by atoms with Crippen molar-refractivity contribution in [2.75, 3.05) is 0 Å². The highest BCUT2D eigenvalue weighted by atomic mass is 19.1. The third-order valence-electron chi connectivity index (χ3n) is 4.76. The number of halogens is 1. The van der Waals surface area contributed by atoms with E-state index in [1.165, 1.54) is 24.4 Å². The molecule has 0 aliphatic rings. The van der Waals surface area contributed by atoms with Gasteiger partial charge in [0.15, 0.2) is 0 Å².